The van der Waals surface area contributed by atoms with Crippen LogP contribution in [0.5, 0.6) is 5.75 Å². The second-order valence-electron chi connectivity index (χ2n) is 6.38. The van der Waals surface area contributed by atoms with Gasteiger partial charge in [0, 0.05) is 18.0 Å². The summed E-state index contributed by atoms with van der Waals surface area (Å²) in [5.41, 5.74) is 0.660. The number of hydrogen-bond donors (Lipinski definition) is 0. The summed E-state index contributed by atoms with van der Waals surface area (Å²) in [4.78, 5) is 19.2. The minimum absolute atomic E-state index is 0.00622. The van der Waals surface area contributed by atoms with Gasteiger partial charge >= 0.3 is 0 Å². The van der Waals surface area contributed by atoms with Crippen LogP contribution in [0.3, 0.4) is 0 Å². The molecule has 1 amide bonds. The lowest BCUT2D eigenvalue weighted by molar-refractivity contribution is 0.0710. The number of hydrogen-bond acceptors (Lipinski definition) is 5. The predicted molar refractivity (Wildman–Crippen MR) is 86.9 cm³/mol. The van der Waals surface area contributed by atoms with E-state index in [0.29, 0.717) is 24.0 Å². The largest absolute Gasteiger partial charge is 0.494 e. The van der Waals surface area contributed by atoms with Crippen molar-refractivity contribution in [1.82, 2.24) is 15.0 Å². The van der Waals surface area contributed by atoms with E-state index in [1.165, 1.54) is 0 Å². The van der Waals surface area contributed by atoms with Crippen LogP contribution in [0.15, 0.2) is 28.8 Å². The van der Waals surface area contributed by atoms with E-state index in [1.807, 2.05) is 36.1 Å². The summed E-state index contributed by atoms with van der Waals surface area (Å²) in [6.45, 7) is 3.27. The van der Waals surface area contributed by atoms with Crippen molar-refractivity contribution in [3.8, 4) is 5.75 Å². The van der Waals surface area contributed by atoms with Crippen molar-refractivity contribution >= 4 is 5.91 Å². The van der Waals surface area contributed by atoms with Crippen molar-refractivity contribution in [2.75, 3.05) is 13.2 Å². The summed E-state index contributed by atoms with van der Waals surface area (Å²) in [5, 5.41) is 4.08. The van der Waals surface area contributed by atoms with Crippen LogP contribution in [0.1, 0.15) is 66.6 Å². The number of aromatic nitrogens is 2. The molecule has 0 radical (unpaired) electrons. The maximum Gasteiger partial charge on any atom is 0.254 e. The normalized spacial score (nSPS) is 20.4. The Morgan fingerprint density at radius 3 is 2.79 bits per heavy atom. The fraction of sp³-hybridized carbons (Fsp3) is 0.500. The van der Waals surface area contributed by atoms with E-state index in [2.05, 4.69) is 10.1 Å². The molecule has 1 aromatic carbocycles. The number of carbonyl (C=O) groups excluding carboxylic acids is 1. The fourth-order valence-corrected chi connectivity index (χ4v) is 3.18. The van der Waals surface area contributed by atoms with E-state index in [0.717, 1.165) is 43.8 Å². The minimum Gasteiger partial charge on any atom is -0.494 e. The van der Waals surface area contributed by atoms with Crippen molar-refractivity contribution in [1.29, 1.82) is 0 Å². The smallest absolute Gasteiger partial charge is 0.254 e. The van der Waals surface area contributed by atoms with E-state index in [1.54, 1.807) is 0 Å². The zero-order valence-corrected chi connectivity index (χ0v) is 13.8. The van der Waals surface area contributed by atoms with Gasteiger partial charge in [-0.25, -0.2) is 0 Å². The molecule has 0 spiro atoms. The minimum atomic E-state index is -0.107. The molecule has 1 saturated heterocycles. The average molecular weight is 327 g/mol. The van der Waals surface area contributed by atoms with Crippen molar-refractivity contribution in [2.24, 2.45) is 0 Å². The highest BCUT2D eigenvalue weighted by Gasteiger charge is 2.36. The molecule has 24 heavy (non-hydrogen) atoms. The Hall–Kier alpha value is -2.37. The Morgan fingerprint density at radius 2 is 2.08 bits per heavy atom. The van der Waals surface area contributed by atoms with E-state index in [-0.39, 0.29) is 11.9 Å². The molecule has 1 aliphatic carbocycles. The van der Waals surface area contributed by atoms with Crippen molar-refractivity contribution in [3.05, 3.63) is 41.5 Å². The van der Waals surface area contributed by atoms with E-state index >= 15 is 0 Å². The molecule has 1 aromatic heterocycles. The fourth-order valence-electron chi connectivity index (χ4n) is 3.18. The van der Waals surface area contributed by atoms with Crippen LogP contribution in [0.2, 0.25) is 0 Å². The lowest BCUT2D eigenvalue weighted by Gasteiger charge is -2.22. The average Bonchev–Trinajstić information content (AvgIpc) is 3.14. The third kappa shape index (κ3) is 2.88. The van der Waals surface area contributed by atoms with Gasteiger partial charge in [-0.2, -0.15) is 4.98 Å². The van der Waals surface area contributed by atoms with Gasteiger partial charge in [0.2, 0.25) is 5.89 Å². The third-order valence-electron chi connectivity index (χ3n) is 4.61. The van der Waals surface area contributed by atoms with Crippen LogP contribution in [0, 0.1) is 0 Å². The zero-order valence-electron chi connectivity index (χ0n) is 13.8. The van der Waals surface area contributed by atoms with Crippen LogP contribution in [-0.4, -0.2) is 34.1 Å². The lowest BCUT2D eigenvalue weighted by Crippen LogP contribution is -2.30. The second-order valence-corrected chi connectivity index (χ2v) is 6.38. The molecule has 126 valence electrons. The van der Waals surface area contributed by atoms with Crippen LogP contribution in [-0.2, 0) is 0 Å². The van der Waals surface area contributed by atoms with Gasteiger partial charge in [-0.15, -0.1) is 0 Å². The molecule has 2 aromatic rings. The predicted octanol–water partition coefficient (Wildman–Crippen LogP) is 3.32. The maximum absolute atomic E-state index is 12.8. The Labute approximate surface area is 140 Å². The molecule has 6 nitrogen and oxygen atoms in total. The van der Waals surface area contributed by atoms with Crippen LogP contribution >= 0.6 is 0 Å². The first-order valence-corrected chi connectivity index (χ1v) is 8.63. The molecule has 4 rings (SSSR count). The number of benzene rings is 1. The highest BCUT2D eigenvalue weighted by molar-refractivity contribution is 5.94. The molecule has 1 atom stereocenters. The van der Waals surface area contributed by atoms with E-state index in [9.17, 15) is 4.79 Å². The van der Waals surface area contributed by atoms with Gasteiger partial charge in [0.15, 0.2) is 5.82 Å². The molecule has 2 fully saturated rings. The van der Waals surface area contributed by atoms with Gasteiger partial charge in [0.25, 0.3) is 5.91 Å². The van der Waals surface area contributed by atoms with Crippen LogP contribution < -0.4 is 4.74 Å². The first kappa shape index (κ1) is 15.2. The highest BCUT2D eigenvalue weighted by atomic mass is 16.5. The molecule has 1 aliphatic heterocycles. The number of rotatable bonds is 5. The number of nitrogens with zero attached hydrogens (tertiary/aromatic N) is 3. The first-order valence-electron chi connectivity index (χ1n) is 8.63. The van der Waals surface area contributed by atoms with Gasteiger partial charge in [-0.3, -0.25) is 4.79 Å². The third-order valence-corrected chi connectivity index (χ3v) is 4.61. The quantitative estimate of drug-likeness (QED) is 0.842. The van der Waals surface area contributed by atoms with Gasteiger partial charge < -0.3 is 14.2 Å². The maximum atomic E-state index is 12.8. The standard InChI is InChI=1S/C18H21N3O3/c1-2-23-14-9-7-13(8-10-14)18(22)21-11-3-4-15(21)17-19-16(20-24-17)12-5-6-12/h7-10,12,15H,2-6,11H2,1H3. The molecule has 1 saturated carbocycles. The Morgan fingerprint density at radius 1 is 1.29 bits per heavy atom. The van der Waals surface area contributed by atoms with Gasteiger partial charge in [-0.1, -0.05) is 5.16 Å². The number of amides is 1. The summed E-state index contributed by atoms with van der Waals surface area (Å²) >= 11 is 0. The highest BCUT2D eigenvalue weighted by Crippen LogP contribution is 2.40. The summed E-state index contributed by atoms with van der Waals surface area (Å²) in [7, 11) is 0. The van der Waals surface area contributed by atoms with Gasteiger partial charge in [0.05, 0.1) is 6.61 Å². The number of likely N-dealkylation sites (tertiary alicyclic amines) is 1. The SMILES string of the molecule is CCOc1ccc(C(=O)N2CCCC2c2nc(C3CC3)no2)cc1. The van der Waals surface area contributed by atoms with Crippen LogP contribution in [0.4, 0.5) is 0 Å². The molecular formula is C18H21N3O3. The molecule has 6 heteroatoms. The summed E-state index contributed by atoms with van der Waals surface area (Å²) < 4.78 is 10.9. The monoisotopic (exact) mass is 327 g/mol. The molecule has 2 aliphatic rings. The first-order chi connectivity index (χ1) is 11.8. The lowest BCUT2D eigenvalue weighted by atomic mass is 10.1. The van der Waals surface area contributed by atoms with Crippen molar-refractivity contribution in [3.63, 3.8) is 0 Å². The number of ether oxygens (including phenoxy) is 1. The molecule has 2 heterocycles. The zero-order chi connectivity index (χ0) is 16.5. The molecule has 0 bridgehead atoms. The summed E-state index contributed by atoms with van der Waals surface area (Å²) in [6, 6.07) is 7.18. The van der Waals surface area contributed by atoms with Crippen molar-refractivity contribution in [2.45, 2.75) is 44.6 Å². The Balaban J connectivity index is 1.51. The molecular weight excluding hydrogens is 306 g/mol. The van der Waals surface area contributed by atoms with E-state index in [4.69, 9.17) is 9.26 Å². The summed E-state index contributed by atoms with van der Waals surface area (Å²) in [5.74, 6) is 2.61. The Bertz CT molecular complexity index is 721. The van der Waals surface area contributed by atoms with E-state index < -0.39 is 0 Å². The topological polar surface area (TPSA) is 68.5 Å². The Kier molecular flexibility index (Phi) is 3.96. The molecule has 0 N–H and O–H groups in total. The second kappa shape index (κ2) is 6.26. The van der Waals surface area contributed by atoms with Crippen LogP contribution in [0.25, 0.3) is 0 Å². The summed E-state index contributed by atoms with van der Waals surface area (Å²) in [6.07, 6.45) is 4.10. The van der Waals surface area contributed by atoms with Crippen molar-refractivity contribution < 1.29 is 14.1 Å². The number of carbonyl (C=O) groups is 1. The van der Waals surface area contributed by atoms with Gasteiger partial charge in [0.1, 0.15) is 11.8 Å². The molecule has 1 unspecified atom stereocenters. The van der Waals surface area contributed by atoms with Gasteiger partial charge in [-0.05, 0) is 56.9 Å².